The Morgan fingerprint density at radius 2 is 1.73 bits per heavy atom. The van der Waals surface area contributed by atoms with E-state index in [2.05, 4.69) is 15.3 Å². The molecule has 3 heterocycles. The summed E-state index contributed by atoms with van der Waals surface area (Å²) in [6.45, 7) is 1.05. The fourth-order valence-corrected chi connectivity index (χ4v) is 4.97. The summed E-state index contributed by atoms with van der Waals surface area (Å²) in [4.78, 5) is 34.8. The Kier molecular flexibility index (Phi) is 6.80. The maximum Gasteiger partial charge on any atom is 0.243 e. The van der Waals surface area contributed by atoms with E-state index in [1.807, 2.05) is 0 Å². The number of hydrogen-bond donors (Lipinski definition) is 1. The summed E-state index contributed by atoms with van der Waals surface area (Å²) in [7, 11) is -3.57. The Bertz CT molecular complexity index is 1190. The Morgan fingerprint density at radius 1 is 0.970 bits per heavy atom. The number of benzene rings is 1. The summed E-state index contributed by atoms with van der Waals surface area (Å²) < 4.78 is 28.5. The summed E-state index contributed by atoms with van der Waals surface area (Å²) >= 11 is 0. The standard InChI is InChI=1S/C22H24N6O4S/c29-21(25-18-6-7-20(24-16-18)27-11-10-23-17-27)8-9-22(30)26-12-14-28(15-13-26)33(31,32)19-4-2-1-3-5-19/h1-7,10-11,16-17H,8-9,12-15H2,(H,25,29). The molecule has 3 aromatic rings. The SMILES string of the molecule is O=C(CCC(=O)N1CCN(S(=O)(=O)c2ccccc2)CC1)Nc1ccc(-n2ccnc2)nc1. The lowest BCUT2D eigenvalue weighted by Gasteiger charge is -2.34. The summed E-state index contributed by atoms with van der Waals surface area (Å²) in [5.41, 5.74) is 0.538. The number of sulfonamides is 1. The molecule has 1 N–H and O–H groups in total. The van der Waals surface area contributed by atoms with Crippen molar-refractivity contribution in [2.45, 2.75) is 17.7 Å². The van der Waals surface area contributed by atoms with Crippen molar-refractivity contribution in [1.29, 1.82) is 0 Å². The zero-order valence-corrected chi connectivity index (χ0v) is 18.7. The number of amides is 2. The third-order valence-corrected chi connectivity index (χ3v) is 7.25. The van der Waals surface area contributed by atoms with E-state index in [0.717, 1.165) is 0 Å². The molecule has 10 nitrogen and oxygen atoms in total. The van der Waals surface area contributed by atoms with E-state index in [0.29, 0.717) is 24.6 Å². The highest BCUT2D eigenvalue weighted by Crippen LogP contribution is 2.18. The van der Waals surface area contributed by atoms with Gasteiger partial charge < -0.3 is 10.2 Å². The first-order valence-corrected chi connectivity index (χ1v) is 11.9. The molecule has 0 radical (unpaired) electrons. The van der Waals surface area contributed by atoms with Crippen LogP contribution in [0.15, 0.2) is 72.3 Å². The van der Waals surface area contributed by atoms with Gasteiger partial charge in [-0.15, -0.1) is 0 Å². The molecule has 1 aliphatic heterocycles. The first-order chi connectivity index (χ1) is 15.9. The van der Waals surface area contributed by atoms with Crippen LogP contribution in [0.4, 0.5) is 5.69 Å². The molecule has 1 saturated heterocycles. The van der Waals surface area contributed by atoms with Crippen LogP contribution in [-0.2, 0) is 19.6 Å². The predicted octanol–water partition coefficient (Wildman–Crippen LogP) is 1.52. The van der Waals surface area contributed by atoms with Crippen LogP contribution in [0.1, 0.15) is 12.8 Å². The van der Waals surface area contributed by atoms with Crippen molar-refractivity contribution in [2.24, 2.45) is 0 Å². The molecule has 1 aliphatic rings. The van der Waals surface area contributed by atoms with Crippen LogP contribution in [0.5, 0.6) is 0 Å². The van der Waals surface area contributed by atoms with E-state index in [1.54, 1.807) is 76.8 Å². The molecule has 1 fully saturated rings. The highest BCUT2D eigenvalue weighted by atomic mass is 32.2. The van der Waals surface area contributed by atoms with Gasteiger partial charge in [-0.1, -0.05) is 18.2 Å². The van der Waals surface area contributed by atoms with E-state index in [1.165, 1.54) is 4.31 Å². The van der Waals surface area contributed by atoms with Gasteiger partial charge >= 0.3 is 0 Å². The molecule has 0 spiro atoms. The van der Waals surface area contributed by atoms with Crippen molar-refractivity contribution >= 4 is 27.5 Å². The number of nitrogens with one attached hydrogen (secondary N) is 1. The molecule has 2 amide bonds. The maximum absolute atomic E-state index is 12.7. The minimum absolute atomic E-state index is 0.0324. The number of pyridine rings is 1. The smallest absolute Gasteiger partial charge is 0.243 e. The van der Waals surface area contributed by atoms with Gasteiger partial charge in [-0.25, -0.2) is 18.4 Å². The van der Waals surface area contributed by atoms with Gasteiger partial charge in [-0.05, 0) is 24.3 Å². The number of nitrogens with zero attached hydrogens (tertiary/aromatic N) is 5. The van der Waals surface area contributed by atoms with Crippen LogP contribution >= 0.6 is 0 Å². The Hall–Kier alpha value is -3.57. The molecule has 172 valence electrons. The maximum atomic E-state index is 12.7. The average molecular weight is 469 g/mol. The summed E-state index contributed by atoms with van der Waals surface area (Å²) in [5.74, 6) is 0.218. The molecule has 0 atom stereocenters. The van der Waals surface area contributed by atoms with Crippen LogP contribution in [0.2, 0.25) is 0 Å². The van der Waals surface area contributed by atoms with E-state index < -0.39 is 10.0 Å². The molecule has 0 aliphatic carbocycles. The molecule has 1 aromatic carbocycles. The first kappa shape index (κ1) is 22.6. The molecular weight excluding hydrogens is 444 g/mol. The van der Waals surface area contributed by atoms with Crippen LogP contribution < -0.4 is 5.32 Å². The van der Waals surface area contributed by atoms with Crippen LogP contribution in [0.3, 0.4) is 0 Å². The van der Waals surface area contributed by atoms with Crippen LogP contribution in [0, 0.1) is 0 Å². The minimum Gasteiger partial charge on any atom is -0.340 e. The molecule has 0 saturated carbocycles. The highest BCUT2D eigenvalue weighted by molar-refractivity contribution is 7.89. The van der Waals surface area contributed by atoms with Gasteiger partial charge in [0.25, 0.3) is 0 Å². The normalized spacial score (nSPS) is 14.7. The first-order valence-electron chi connectivity index (χ1n) is 10.5. The Morgan fingerprint density at radius 3 is 2.36 bits per heavy atom. The monoisotopic (exact) mass is 468 g/mol. The quantitative estimate of drug-likeness (QED) is 0.562. The Labute approximate surface area is 191 Å². The largest absolute Gasteiger partial charge is 0.340 e. The van der Waals surface area contributed by atoms with Gasteiger partial charge in [-0.3, -0.25) is 14.2 Å². The number of rotatable bonds is 7. The third kappa shape index (κ3) is 5.44. The molecule has 33 heavy (non-hydrogen) atoms. The molecular formula is C22H24N6O4S. The zero-order chi connectivity index (χ0) is 23.3. The second-order valence-electron chi connectivity index (χ2n) is 7.52. The second-order valence-corrected chi connectivity index (χ2v) is 9.46. The van der Waals surface area contributed by atoms with E-state index in [-0.39, 0.29) is 42.6 Å². The van der Waals surface area contributed by atoms with E-state index in [4.69, 9.17) is 0 Å². The second kappa shape index (κ2) is 9.92. The number of carbonyl (C=O) groups excluding carboxylic acids is 2. The molecule has 4 rings (SSSR count). The van der Waals surface area contributed by atoms with Gasteiger partial charge in [0.05, 0.1) is 16.8 Å². The molecule has 0 unspecified atom stereocenters. The number of imidazole rings is 1. The van der Waals surface area contributed by atoms with Crippen molar-refractivity contribution in [3.8, 4) is 5.82 Å². The lowest BCUT2D eigenvalue weighted by atomic mass is 10.2. The lowest BCUT2D eigenvalue weighted by Crippen LogP contribution is -2.50. The number of piperazine rings is 1. The van der Waals surface area contributed by atoms with Gasteiger partial charge in [0, 0.05) is 51.4 Å². The minimum atomic E-state index is -3.57. The third-order valence-electron chi connectivity index (χ3n) is 5.34. The fourth-order valence-electron chi connectivity index (χ4n) is 3.53. The van der Waals surface area contributed by atoms with Gasteiger partial charge in [0.15, 0.2) is 0 Å². The van der Waals surface area contributed by atoms with E-state index in [9.17, 15) is 18.0 Å². The molecule has 2 aromatic heterocycles. The van der Waals surface area contributed by atoms with Crippen LogP contribution in [0.25, 0.3) is 5.82 Å². The van der Waals surface area contributed by atoms with Crippen molar-refractivity contribution < 1.29 is 18.0 Å². The number of aromatic nitrogens is 3. The van der Waals surface area contributed by atoms with Crippen molar-refractivity contribution in [3.05, 3.63) is 67.4 Å². The summed E-state index contributed by atoms with van der Waals surface area (Å²) in [6.07, 6.45) is 6.67. The van der Waals surface area contributed by atoms with Crippen molar-refractivity contribution in [3.63, 3.8) is 0 Å². The molecule has 11 heteroatoms. The van der Waals surface area contributed by atoms with E-state index >= 15 is 0 Å². The number of hydrogen-bond acceptors (Lipinski definition) is 6. The van der Waals surface area contributed by atoms with Gasteiger partial charge in [-0.2, -0.15) is 4.31 Å². The number of anilines is 1. The number of carbonyl (C=O) groups is 2. The average Bonchev–Trinajstić information content (AvgIpc) is 3.39. The van der Waals surface area contributed by atoms with Crippen molar-refractivity contribution in [2.75, 3.05) is 31.5 Å². The molecule has 0 bridgehead atoms. The topological polar surface area (TPSA) is 118 Å². The highest BCUT2D eigenvalue weighted by Gasteiger charge is 2.29. The Balaban J connectivity index is 1.23. The fraction of sp³-hybridized carbons (Fsp3) is 0.273. The lowest BCUT2D eigenvalue weighted by molar-refractivity contribution is -0.133. The van der Waals surface area contributed by atoms with Crippen molar-refractivity contribution in [1.82, 2.24) is 23.7 Å². The van der Waals surface area contributed by atoms with Crippen LogP contribution in [-0.4, -0.2) is 70.2 Å². The summed E-state index contributed by atoms with van der Waals surface area (Å²) in [5, 5.41) is 2.73. The zero-order valence-electron chi connectivity index (χ0n) is 17.9. The van der Waals surface area contributed by atoms with Gasteiger partial charge in [0.2, 0.25) is 21.8 Å². The summed E-state index contributed by atoms with van der Waals surface area (Å²) in [6, 6.07) is 11.7. The van der Waals surface area contributed by atoms with Gasteiger partial charge in [0.1, 0.15) is 12.1 Å². The predicted molar refractivity (Wildman–Crippen MR) is 121 cm³/mol.